The van der Waals surface area contributed by atoms with Gasteiger partial charge in [0.25, 0.3) is 0 Å². The second-order valence-electron chi connectivity index (χ2n) is 2.99. The third-order valence-electron chi connectivity index (χ3n) is 2.07. The fourth-order valence-corrected chi connectivity index (χ4v) is 1.35. The van der Waals surface area contributed by atoms with Gasteiger partial charge in [-0.05, 0) is 19.1 Å². The van der Waals surface area contributed by atoms with Gasteiger partial charge in [0.15, 0.2) is 0 Å². The van der Waals surface area contributed by atoms with E-state index in [0.29, 0.717) is 11.1 Å². The maximum Gasteiger partial charge on any atom is 0.123 e. The molecule has 2 N–H and O–H groups in total. The molecule has 14 heavy (non-hydrogen) atoms. The molecule has 0 saturated carbocycles. The number of phenolic OH excluding ortho intramolecular Hbond substituents is 2. The summed E-state index contributed by atoms with van der Waals surface area (Å²) in [6.07, 6.45) is 1.43. The van der Waals surface area contributed by atoms with E-state index in [1.807, 2.05) is 6.07 Å². The van der Waals surface area contributed by atoms with E-state index in [1.54, 1.807) is 6.92 Å². The first kappa shape index (κ1) is 10.1. The Kier molecular flexibility index (Phi) is 2.78. The monoisotopic (exact) mass is 189 g/mol. The van der Waals surface area contributed by atoms with Crippen LogP contribution < -0.4 is 0 Å². The van der Waals surface area contributed by atoms with Gasteiger partial charge >= 0.3 is 0 Å². The van der Waals surface area contributed by atoms with E-state index in [1.165, 1.54) is 18.2 Å². The van der Waals surface area contributed by atoms with Gasteiger partial charge in [-0.15, -0.1) is 0 Å². The van der Waals surface area contributed by atoms with Gasteiger partial charge in [-0.2, -0.15) is 5.26 Å². The topological polar surface area (TPSA) is 64.2 Å². The van der Waals surface area contributed by atoms with Crippen molar-refractivity contribution in [3.8, 4) is 17.6 Å². The molecule has 0 saturated heterocycles. The number of benzene rings is 1. The molecule has 72 valence electrons. The van der Waals surface area contributed by atoms with Crippen LogP contribution in [0.2, 0.25) is 0 Å². The standard InChI is InChI=1S/C11H11NO2/c1-3-8-9(13)4-5-10(14)11(8)7(2)6-12/h3-5,7,13-14H,1H2,2H3. The van der Waals surface area contributed by atoms with Crippen molar-refractivity contribution in [2.75, 3.05) is 0 Å². The molecule has 0 aliphatic rings. The maximum absolute atomic E-state index is 9.54. The molecular formula is C11H11NO2. The third-order valence-corrected chi connectivity index (χ3v) is 2.07. The zero-order valence-electron chi connectivity index (χ0n) is 7.86. The number of aromatic hydroxyl groups is 2. The van der Waals surface area contributed by atoms with Crippen LogP contribution in [0, 0.1) is 11.3 Å². The summed E-state index contributed by atoms with van der Waals surface area (Å²) in [6.45, 7) is 5.18. The van der Waals surface area contributed by atoms with E-state index < -0.39 is 5.92 Å². The second-order valence-corrected chi connectivity index (χ2v) is 2.99. The molecule has 0 aliphatic carbocycles. The lowest BCUT2D eigenvalue weighted by molar-refractivity contribution is 0.452. The van der Waals surface area contributed by atoms with Gasteiger partial charge in [0.1, 0.15) is 11.5 Å². The molecule has 1 rings (SSSR count). The summed E-state index contributed by atoms with van der Waals surface area (Å²) in [7, 11) is 0. The van der Waals surface area contributed by atoms with Gasteiger partial charge in [-0.25, -0.2) is 0 Å². The van der Waals surface area contributed by atoms with E-state index in [9.17, 15) is 10.2 Å². The van der Waals surface area contributed by atoms with E-state index in [2.05, 4.69) is 6.58 Å². The lowest BCUT2D eigenvalue weighted by Crippen LogP contribution is -1.94. The fourth-order valence-electron chi connectivity index (χ4n) is 1.35. The van der Waals surface area contributed by atoms with E-state index in [-0.39, 0.29) is 11.5 Å². The Morgan fingerprint density at radius 3 is 2.50 bits per heavy atom. The third kappa shape index (κ3) is 1.55. The summed E-state index contributed by atoms with van der Waals surface area (Å²) in [5.41, 5.74) is 0.835. The Morgan fingerprint density at radius 2 is 2.00 bits per heavy atom. The van der Waals surface area contributed by atoms with E-state index in [0.717, 1.165) is 0 Å². The molecule has 0 radical (unpaired) electrons. The van der Waals surface area contributed by atoms with Gasteiger partial charge in [-0.1, -0.05) is 12.7 Å². The van der Waals surface area contributed by atoms with E-state index >= 15 is 0 Å². The number of rotatable bonds is 2. The average molecular weight is 189 g/mol. The molecule has 1 atom stereocenters. The molecule has 0 amide bonds. The van der Waals surface area contributed by atoms with Crippen molar-refractivity contribution in [3.05, 3.63) is 29.8 Å². The van der Waals surface area contributed by atoms with Crippen molar-refractivity contribution in [2.24, 2.45) is 0 Å². The van der Waals surface area contributed by atoms with Crippen LogP contribution in [-0.2, 0) is 0 Å². The highest BCUT2D eigenvalue weighted by atomic mass is 16.3. The lowest BCUT2D eigenvalue weighted by atomic mass is 9.95. The smallest absolute Gasteiger partial charge is 0.123 e. The molecule has 0 heterocycles. The molecule has 0 aromatic heterocycles. The van der Waals surface area contributed by atoms with Crippen molar-refractivity contribution in [1.82, 2.24) is 0 Å². The Morgan fingerprint density at radius 1 is 1.43 bits per heavy atom. The van der Waals surface area contributed by atoms with Crippen LogP contribution in [0.25, 0.3) is 6.08 Å². The first-order valence-electron chi connectivity index (χ1n) is 4.18. The highest BCUT2D eigenvalue weighted by Crippen LogP contribution is 2.34. The van der Waals surface area contributed by atoms with Crippen molar-refractivity contribution >= 4 is 6.08 Å². The molecule has 1 aromatic rings. The SMILES string of the molecule is C=Cc1c(O)ccc(O)c1C(C)C#N. The maximum atomic E-state index is 9.54. The van der Waals surface area contributed by atoms with Crippen molar-refractivity contribution in [2.45, 2.75) is 12.8 Å². The van der Waals surface area contributed by atoms with Crippen LogP contribution in [0.3, 0.4) is 0 Å². The molecule has 3 heteroatoms. The summed E-state index contributed by atoms with van der Waals surface area (Å²) < 4.78 is 0. The molecule has 3 nitrogen and oxygen atoms in total. The normalized spacial score (nSPS) is 11.7. The van der Waals surface area contributed by atoms with Crippen LogP contribution in [-0.4, -0.2) is 10.2 Å². The summed E-state index contributed by atoms with van der Waals surface area (Å²) in [5, 5.41) is 27.8. The Bertz CT molecular complexity index is 404. The fraction of sp³-hybridized carbons (Fsp3) is 0.182. The Hall–Kier alpha value is -1.95. The van der Waals surface area contributed by atoms with Crippen LogP contribution in [0.5, 0.6) is 11.5 Å². The second kappa shape index (κ2) is 3.84. The highest BCUT2D eigenvalue weighted by molar-refractivity contribution is 5.64. The molecule has 0 fully saturated rings. The zero-order valence-corrected chi connectivity index (χ0v) is 7.86. The first-order chi connectivity index (χ1) is 6.61. The minimum atomic E-state index is -0.477. The number of hydrogen-bond acceptors (Lipinski definition) is 3. The number of hydrogen-bond donors (Lipinski definition) is 2. The molecular weight excluding hydrogens is 178 g/mol. The lowest BCUT2D eigenvalue weighted by Gasteiger charge is -2.11. The zero-order chi connectivity index (χ0) is 10.7. The van der Waals surface area contributed by atoms with Gasteiger partial charge in [0.05, 0.1) is 12.0 Å². The Balaban J connectivity index is 3.46. The minimum absolute atomic E-state index is 0.00625. The van der Waals surface area contributed by atoms with E-state index in [4.69, 9.17) is 5.26 Å². The van der Waals surface area contributed by atoms with Crippen LogP contribution in [0.4, 0.5) is 0 Å². The first-order valence-corrected chi connectivity index (χ1v) is 4.18. The average Bonchev–Trinajstić information content (AvgIpc) is 2.19. The molecule has 0 bridgehead atoms. The van der Waals surface area contributed by atoms with Crippen molar-refractivity contribution in [1.29, 1.82) is 5.26 Å². The van der Waals surface area contributed by atoms with Crippen LogP contribution in [0.1, 0.15) is 24.0 Å². The van der Waals surface area contributed by atoms with Gasteiger partial charge in [0.2, 0.25) is 0 Å². The van der Waals surface area contributed by atoms with Crippen LogP contribution >= 0.6 is 0 Å². The quantitative estimate of drug-likeness (QED) is 0.702. The van der Waals surface area contributed by atoms with Crippen LogP contribution in [0.15, 0.2) is 18.7 Å². The minimum Gasteiger partial charge on any atom is -0.508 e. The molecule has 1 aromatic carbocycles. The molecule has 1 unspecified atom stereocenters. The summed E-state index contributed by atoms with van der Waals surface area (Å²) in [6, 6.07) is 4.75. The Labute approximate surface area is 82.5 Å². The van der Waals surface area contributed by atoms with Gasteiger partial charge < -0.3 is 10.2 Å². The van der Waals surface area contributed by atoms with Crippen molar-refractivity contribution < 1.29 is 10.2 Å². The molecule has 0 aliphatic heterocycles. The highest BCUT2D eigenvalue weighted by Gasteiger charge is 2.15. The number of nitrogens with zero attached hydrogens (tertiary/aromatic N) is 1. The molecule has 0 spiro atoms. The summed E-state index contributed by atoms with van der Waals surface area (Å²) >= 11 is 0. The van der Waals surface area contributed by atoms with Gasteiger partial charge in [0, 0.05) is 11.1 Å². The summed E-state index contributed by atoms with van der Waals surface area (Å²) in [4.78, 5) is 0. The predicted octanol–water partition coefficient (Wildman–Crippen LogP) is 2.37. The number of nitriles is 1. The summed E-state index contributed by atoms with van der Waals surface area (Å²) in [5.74, 6) is -0.447. The van der Waals surface area contributed by atoms with Crippen molar-refractivity contribution in [3.63, 3.8) is 0 Å². The van der Waals surface area contributed by atoms with Gasteiger partial charge in [-0.3, -0.25) is 0 Å². The number of phenols is 2. The predicted molar refractivity (Wildman–Crippen MR) is 53.9 cm³/mol. The largest absolute Gasteiger partial charge is 0.508 e.